The molecule has 1 aromatic heterocycles. The fourth-order valence-corrected chi connectivity index (χ4v) is 5.29. The summed E-state index contributed by atoms with van der Waals surface area (Å²) >= 11 is 0. The number of hydrogen-bond donors (Lipinski definition) is 6. The summed E-state index contributed by atoms with van der Waals surface area (Å²) < 4.78 is 0. The van der Waals surface area contributed by atoms with Gasteiger partial charge in [0.15, 0.2) is 0 Å². The van der Waals surface area contributed by atoms with Gasteiger partial charge in [-0.05, 0) is 62.4 Å². The van der Waals surface area contributed by atoms with E-state index in [9.17, 15) is 4.79 Å². The minimum Gasteiger partial charge on any atom is -0.398 e. The number of anilines is 3. The summed E-state index contributed by atoms with van der Waals surface area (Å²) in [5, 5.41) is 21.2. The van der Waals surface area contributed by atoms with Crippen molar-refractivity contribution < 1.29 is 7.65 Å². The topological polar surface area (TPSA) is 186 Å². The fraction of sp³-hybridized carbons (Fsp3) is 0.407. The highest BCUT2D eigenvalue weighted by Gasteiger charge is 2.33. The molecule has 208 valence electrons. The number of carbonyl (C=O) groups excluding carboxylic acids is 1. The summed E-state index contributed by atoms with van der Waals surface area (Å²) in [6.45, 7) is 9.99. The van der Waals surface area contributed by atoms with E-state index in [-0.39, 0.29) is 26.6 Å². The number of guanidine groups is 1. The highest BCUT2D eigenvalue weighted by molar-refractivity contribution is 6.15. The van der Waals surface area contributed by atoms with Gasteiger partial charge in [0.25, 0.3) is 5.91 Å². The van der Waals surface area contributed by atoms with E-state index < -0.39 is 6.04 Å². The van der Waals surface area contributed by atoms with Crippen LogP contribution in [0.1, 0.15) is 48.1 Å². The van der Waals surface area contributed by atoms with E-state index in [1.807, 2.05) is 12.1 Å². The average Bonchev–Trinajstić information content (AvgIpc) is 2.86. The molecule has 11 heteroatoms. The molecule has 0 aliphatic carbocycles. The number of hydrazine groups is 1. The number of allylic oxidation sites excluding steroid dienone is 1. The van der Waals surface area contributed by atoms with Crippen molar-refractivity contribution in [3.05, 3.63) is 58.9 Å². The van der Waals surface area contributed by atoms with Crippen molar-refractivity contribution in [3.8, 4) is 0 Å². The first kappa shape index (κ1) is 28.6. The lowest BCUT2D eigenvalue weighted by Gasteiger charge is -2.39. The molecule has 1 aromatic carbocycles. The molecular formula is C27H44N10O. The first-order valence-electron chi connectivity index (χ1n) is 12.6. The number of piperidine rings is 1. The lowest BCUT2D eigenvalue weighted by molar-refractivity contribution is -0.113. The molecule has 1 amide bonds. The molecule has 1 fully saturated rings. The van der Waals surface area contributed by atoms with Gasteiger partial charge in [-0.3, -0.25) is 20.6 Å². The van der Waals surface area contributed by atoms with Crippen molar-refractivity contribution in [2.45, 2.75) is 40.2 Å². The van der Waals surface area contributed by atoms with Gasteiger partial charge in [-0.1, -0.05) is 13.8 Å². The molecule has 38 heavy (non-hydrogen) atoms. The van der Waals surface area contributed by atoms with Crippen LogP contribution in [0.4, 0.5) is 17.2 Å². The minimum atomic E-state index is -0.467. The van der Waals surface area contributed by atoms with Gasteiger partial charge in [-0.25, -0.2) is 10.8 Å². The molecule has 2 aliphatic rings. The summed E-state index contributed by atoms with van der Waals surface area (Å²) in [5.41, 5.74) is 9.87. The van der Waals surface area contributed by atoms with Crippen LogP contribution in [0.15, 0.2) is 47.8 Å². The van der Waals surface area contributed by atoms with Crippen molar-refractivity contribution in [2.24, 2.45) is 17.7 Å². The van der Waals surface area contributed by atoms with Gasteiger partial charge in [0.05, 0.1) is 17.3 Å². The normalized spacial score (nSPS) is 21.8. The Morgan fingerprint density at radius 3 is 2.47 bits per heavy atom. The minimum absolute atomic E-state index is 0. The molecular weight excluding hydrogens is 480 g/mol. The van der Waals surface area contributed by atoms with E-state index in [1.54, 1.807) is 50.2 Å². The van der Waals surface area contributed by atoms with Crippen LogP contribution in [0.2, 0.25) is 0 Å². The van der Waals surface area contributed by atoms with Gasteiger partial charge in [0, 0.05) is 57.4 Å². The van der Waals surface area contributed by atoms with E-state index >= 15 is 0 Å². The molecule has 3 heterocycles. The number of nitrogens with one attached hydrogen (secondary N) is 3. The third-order valence-electron chi connectivity index (χ3n) is 7.34. The number of amides is 1. The van der Waals surface area contributed by atoms with Crippen molar-refractivity contribution in [1.82, 2.24) is 21.0 Å². The van der Waals surface area contributed by atoms with Gasteiger partial charge in [-0.2, -0.15) is 0 Å². The zero-order chi connectivity index (χ0) is 27.0. The van der Waals surface area contributed by atoms with Gasteiger partial charge in [-0.15, -0.1) is 0 Å². The molecule has 10 N–H and O–H groups in total. The Bertz CT molecular complexity index is 1270. The average molecular weight is 525 g/mol. The Hall–Kier alpha value is -3.96. The Morgan fingerprint density at radius 1 is 1.16 bits per heavy atom. The highest BCUT2D eigenvalue weighted by atomic mass is 16.1. The molecule has 0 saturated carbocycles. The lowest BCUT2D eigenvalue weighted by atomic mass is 9.92. The van der Waals surface area contributed by atoms with Crippen LogP contribution in [0.25, 0.3) is 0 Å². The summed E-state index contributed by atoms with van der Waals surface area (Å²) in [4.78, 5) is 21.7. The lowest BCUT2D eigenvalue weighted by Crippen LogP contribution is -2.56. The van der Waals surface area contributed by atoms with Crippen molar-refractivity contribution in [1.29, 1.82) is 10.8 Å². The van der Waals surface area contributed by atoms with Crippen LogP contribution in [0.5, 0.6) is 0 Å². The molecule has 2 aromatic rings. The largest absolute Gasteiger partial charge is 0.398 e. The molecule has 0 radical (unpaired) electrons. The molecule has 0 bridgehead atoms. The van der Waals surface area contributed by atoms with Crippen molar-refractivity contribution in [2.75, 3.05) is 36.1 Å². The zero-order valence-corrected chi connectivity index (χ0v) is 22.9. The molecule has 0 spiro atoms. The van der Waals surface area contributed by atoms with Gasteiger partial charge < -0.3 is 27.0 Å². The van der Waals surface area contributed by atoms with Crippen LogP contribution in [-0.2, 0) is 4.79 Å². The highest BCUT2D eigenvalue weighted by Crippen LogP contribution is 2.28. The smallest absolute Gasteiger partial charge is 0.255 e. The van der Waals surface area contributed by atoms with Crippen LogP contribution in [0.3, 0.4) is 0 Å². The summed E-state index contributed by atoms with van der Waals surface area (Å²) in [7, 11) is 1.70. The van der Waals surface area contributed by atoms with Gasteiger partial charge >= 0.3 is 0 Å². The summed E-state index contributed by atoms with van der Waals surface area (Å²) in [5.74, 6) is 7.87. The van der Waals surface area contributed by atoms with Crippen LogP contribution < -0.4 is 27.9 Å². The summed E-state index contributed by atoms with van der Waals surface area (Å²) in [6.07, 6.45) is 2.94. The Labute approximate surface area is 227 Å². The number of benzene rings is 1. The molecule has 3 atom stereocenters. The zero-order valence-electron chi connectivity index (χ0n) is 22.9. The van der Waals surface area contributed by atoms with E-state index in [1.165, 1.54) is 11.4 Å². The second-order valence-electron chi connectivity index (χ2n) is 10.3. The molecule has 2 aliphatic heterocycles. The van der Waals surface area contributed by atoms with Crippen molar-refractivity contribution in [3.63, 3.8) is 0 Å². The molecule has 4 rings (SSSR count). The van der Waals surface area contributed by atoms with E-state index in [0.717, 1.165) is 18.9 Å². The second kappa shape index (κ2) is 11.2. The number of nitrogen functional groups attached to an aromatic ring is 1. The predicted molar refractivity (Wildman–Crippen MR) is 158 cm³/mol. The number of nitrogens with two attached hydrogens (primary N) is 2. The number of carbonyl (C=O) groups is 1. The SMILES string of the molecule is CC1=C(C(=O)Nc2ccc(N)c(C(=N)c3ccnc(N4C[C@H](C)C[C@H](C)C4)c3)c2)[C@@H](C)N(N)C(=N)N1C.N.[HH].[HH]. The monoisotopic (exact) mass is 524 g/mol. The van der Waals surface area contributed by atoms with Crippen LogP contribution in [-0.4, -0.2) is 58.7 Å². The Balaban J connectivity index is 0.00000267. The third kappa shape index (κ3) is 5.48. The van der Waals surface area contributed by atoms with Gasteiger partial charge in [0.1, 0.15) is 5.82 Å². The third-order valence-corrected chi connectivity index (χ3v) is 7.34. The van der Waals surface area contributed by atoms with Crippen LogP contribution >= 0.6 is 0 Å². The number of nitrogens with zero attached hydrogens (tertiary/aromatic N) is 4. The number of aromatic nitrogens is 1. The first-order valence-corrected chi connectivity index (χ1v) is 12.6. The van der Waals surface area contributed by atoms with E-state index in [0.29, 0.717) is 45.6 Å². The predicted octanol–water partition coefficient (Wildman–Crippen LogP) is 3.87. The Kier molecular flexibility index (Phi) is 8.43. The quantitative estimate of drug-likeness (QED) is 0.193. The molecule has 1 saturated heterocycles. The Morgan fingerprint density at radius 2 is 1.82 bits per heavy atom. The maximum absolute atomic E-state index is 13.2. The number of hydrogen-bond acceptors (Lipinski definition) is 8. The number of pyridine rings is 1. The maximum Gasteiger partial charge on any atom is 0.255 e. The van der Waals surface area contributed by atoms with Crippen LogP contribution in [0, 0.1) is 22.7 Å². The molecule has 0 unspecified atom stereocenters. The van der Waals surface area contributed by atoms with Crippen molar-refractivity contribution >= 4 is 34.8 Å². The van der Waals surface area contributed by atoms with E-state index in [2.05, 4.69) is 29.0 Å². The summed E-state index contributed by atoms with van der Waals surface area (Å²) in [6, 6.07) is 8.41. The number of rotatable bonds is 5. The standard InChI is InChI=1S/C27H37N9O.H3N.2H2/c1-15-10-16(2)14-35(13-15)23-11-19(8-9-32-23)25(29)21-12-20(6-7-22(21)28)33-26(37)24-17(3)34(5)27(30)36(31)18(24)4;;;/h6-9,11-12,15-16,18,29-30H,10,13-14,28,31H2,1-5H3,(H,33,37);1H3;2*1H/t15-,16+,18-;;;/m1.../s1. The second-order valence-corrected chi connectivity index (χ2v) is 10.3. The maximum atomic E-state index is 13.2. The van der Waals surface area contributed by atoms with E-state index in [4.69, 9.17) is 22.4 Å². The fourth-order valence-electron chi connectivity index (χ4n) is 5.29. The first-order chi connectivity index (χ1) is 17.5. The van der Waals surface area contributed by atoms with Gasteiger partial charge in [0.2, 0.25) is 5.96 Å². The molecule has 11 nitrogen and oxygen atoms in total.